The Morgan fingerprint density at radius 3 is 2.51 bits per heavy atom. The number of nitrogens with one attached hydrogen (secondary N) is 1. The van der Waals surface area contributed by atoms with Crippen LogP contribution < -0.4 is 5.32 Å². The standard InChI is InChI=1S/C26H34ClN5O3/c1-16(27)22(30-25(28-5)29-19-9-12-35-13-10-19)17-6-7-18-15-31(23(33)20(18)14-17)21-8-11-32(24(21)34)26(2,3)4/h6-7,14,19,21H,5,8-13,15H2,1-4H3,(H,29,30)/b22-16+. The molecule has 1 unspecified atom stereocenters. The van der Waals surface area contributed by atoms with Crippen molar-refractivity contribution in [1.82, 2.24) is 15.1 Å². The second kappa shape index (κ2) is 10.1. The Morgan fingerprint density at radius 2 is 1.91 bits per heavy atom. The second-order valence-electron chi connectivity index (χ2n) is 10.3. The van der Waals surface area contributed by atoms with Crippen LogP contribution in [0.2, 0.25) is 0 Å². The Balaban J connectivity index is 1.56. The van der Waals surface area contributed by atoms with Crippen LogP contribution in [0.5, 0.6) is 0 Å². The fourth-order valence-electron chi connectivity index (χ4n) is 4.93. The minimum Gasteiger partial charge on any atom is -0.381 e. The maximum atomic E-state index is 13.4. The molecule has 0 radical (unpaired) electrons. The summed E-state index contributed by atoms with van der Waals surface area (Å²) in [5.41, 5.74) is 2.47. The molecule has 3 aliphatic heterocycles. The van der Waals surface area contributed by atoms with Gasteiger partial charge < -0.3 is 19.9 Å². The van der Waals surface area contributed by atoms with Crippen molar-refractivity contribution in [3.05, 3.63) is 39.9 Å². The zero-order chi connectivity index (χ0) is 25.3. The highest BCUT2D eigenvalue weighted by molar-refractivity contribution is 6.32. The number of hydrogen-bond acceptors (Lipinski definition) is 4. The molecule has 9 heteroatoms. The number of allylic oxidation sites excluding steroid dienone is 1. The summed E-state index contributed by atoms with van der Waals surface area (Å²) in [6.45, 7) is 13.9. The van der Waals surface area contributed by atoms with Gasteiger partial charge in [-0.15, -0.1) is 0 Å². The number of nitrogens with zero attached hydrogens (tertiary/aromatic N) is 4. The van der Waals surface area contributed by atoms with Crippen molar-refractivity contribution < 1.29 is 14.3 Å². The molecule has 0 spiro atoms. The molecule has 4 rings (SSSR count). The van der Waals surface area contributed by atoms with Crippen molar-refractivity contribution >= 4 is 41.8 Å². The maximum absolute atomic E-state index is 13.4. The van der Waals surface area contributed by atoms with E-state index in [4.69, 9.17) is 16.3 Å². The Kier molecular flexibility index (Phi) is 7.33. The second-order valence-corrected chi connectivity index (χ2v) is 10.8. The number of fused-ring (bicyclic) bond motifs is 1. The molecule has 8 nitrogen and oxygen atoms in total. The third kappa shape index (κ3) is 5.28. The number of halogens is 1. The van der Waals surface area contributed by atoms with Crippen LogP contribution >= 0.6 is 11.6 Å². The third-order valence-corrected chi connectivity index (χ3v) is 7.01. The number of likely N-dealkylation sites (tertiary alicyclic amines) is 1. The highest BCUT2D eigenvalue weighted by atomic mass is 35.5. The van der Waals surface area contributed by atoms with Crippen molar-refractivity contribution in [1.29, 1.82) is 0 Å². The topological polar surface area (TPSA) is 86.6 Å². The molecule has 2 fully saturated rings. The summed E-state index contributed by atoms with van der Waals surface area (Å²) >= 11 is 6.44. The van der Waals surface area contributed by atoms with E-state index in [2.05, 4.69) is 22.0 Å². The lowest BCUT2D eigenvalue weighted by molar-refractivity contribution is -0.135. The van der Waals surface area contributed by atoms with Gasteiger partial charge in [0.15, 0.2) is 0 Å². The lowest BCUT2D eigenvalue weighted by Crippen LogP contribution is -2.47. The number of benzene rings is 1. The van der Waals surface area contributed by atoms with Crippen LogP contribution in [0.4, 0.5) is 0 Å². The average molecular weight is 500 g/mol. The molecule has 2 amide bonds. The zero-order valence-electron chi connectivity index (χ0n) is 20.9. The van der Waals surface area contributed by atoms with E-state index >= 15 is 0 Å². The van der Waals surface area contributed by atoms with Gasteiger partial charge in [0.2, 0.25) is 11.9 Å². The SMILES string of the molecule is C=N/C(=N\C(=C(/C)Cl)c1ccc2c(c1)C(=O)N(C1CCN(C(C)(C)C)C1=O)C2)NC1CCOCC1. The van der Waals surface area contributed by atoms with Gasteiger partial charge in [0.25, 0.3) is 5.91 Å². The largest absolute Gasteiger partial charge is 0.381 e. The van der Waals surface area contributed by atoms with Gasteiger partial charge in [-0.3, -0.25) is 9.59 Å². The van der Waals surface area contributed by atoms with Gasteiger partial charge in [0.1, 0.15) is 6.04 Å². The number of carbonyl (C=O) groups excluding carboxylic acids is 2. The molecule has 0 saturated carbocycles. The van der Waals surface area contributed by atoms with E-state index in [-0.39, 0.29) is 23.4 Å². The fourth-order valence-corrected chi connectivity index (χ4v) is 5.08. The predicted octanol–water partition coefficient (Wildman–Crippen LogP) is 3.79. The highest BCUT2D eigenvalue weighted by Crippen LogP contribution is 2.34. The number of hydrogen-bond donors (Lipinski definition) is 1. The average Bonchev–Trinajstić information content (AvgIpc) is 3.36. The molecule has 1 N–H and O–H groups in total. The van der Waals surface area contributed by atoms with Gasteiger partial charge in [0.05, 0.1) is 5.70 Å². The Hall–Kier alpha value is -2.71. The Labute approximate surface area is 212 Å². The molecule has 3 heterocycles. The molecule has 1 atom stereocenters. The first-order valence-corrected chi connectivity index (χ1v) is 12.5. The first-order chi connectivity index (χ1) is 16.6. The number of aliphatic imine (C=N–C) groups is 2. The third-order valence-electron chi connectivity index (χ3n) is 6.83. The van der Waals surface area contributed by atoms with E-state index in [9.17, 15) is 9.59 Å². The summed E-state index contributed by atoms with van der Waals surface area (Å²) in [5.74, 6) is 0.273. The molecule has 0 aromatic heterocycles. The number of carbonyl (C=O) groups is 2. The van der Waals surface area contributed by atoms with Crippen molar-refractivity contribution in [2.75, 3.05) is 19.8 Å². The summed E-state index contributed by atoms with van der Waals surface area (Å²) < 4.78 is 5.41. The predicted molar refractivity (Wildman–Crippen MR) is 139 cm³/mol. The molecular formula is C26H34ClN5O3. The molecule has 35 heavy (non-hydrogen) atoms. The van der Waals surface area contributed by atoms with Crippen molar-refractivity contribution in [2.45, 2.75) is 71.1 Å². The number of amides is 2. The minimum atomic E-state index is -0.430. The number of ether oxygens (including phenoxy) is 1. The van der Waals surface area contributed by atoms with Gasteiger partial charge in [0, 0.05) is 54.0 Å². The van der Waals surface area contributed by atoms with Crippen LogP contribution in [0.3, 0.4) is 0 Å². The van der Waals surface area contributed by atoms with Gasteiger partial charge in [-0.1, -0.05) is 23.7 Å². The summed E-state index contributed by atoms with van der Waals surface area (Å²) in [4.78, 5) is 38.7. The van der Waals surface area contributed by atoms with E-state index in [0.717, 1.165) is 24.0 Å². The smallest absolute Gasteiger partial charge is 0.255 e. The molecule has 1 aromatic rings. The molecule has 0 aliphatic carbocycles. The van der Waals surface area contributed by atoms with Crippen molar-refractivity contribution in [3.8, 4) is 0 Å². The lowest BCUT2D eigenvalue weighted by atomic mass is 10.0. The van der Waals surface area contributed by atoms with E-state index in [0.29, 0.717) is 55.0 Å². The van der Waals surface area contributed by atoms with Crippen LogP contribution in [0.1, 0.15) is 68.4 Å². The molecular weight excluding hydrogens is 466 g/mol. The van der Waals surface area contributed by atoms with Crippen molar-refractivity contribution in [3.63, 3.8) is 0 Å². The molecule has 0 bridgehead atoms. The summed E-state index contributed by atoms with van der Waals surface area (Å²) in [6, 6.07) is 5.43. The minimum absolute atomic E-state index is 0.0153. The quantitative estimate of drug-likeness (QED) is 0.504. The van der Waals surface area contributed by atoms with Crippen LogP contribution in [0.15, 0.2) is 33.2 Å². The summed E-state index contributed by atoms with van der Waals surface area (Å²) in [7, 11) is 0. The highest BCUT2D eigenvalue weighted by Gasteiger charge is 2.44. The summed E-state index contributed by atoms with van der Waals surface area (Å²) in [5, 5.41) is 3.80. The molecule has 188 valence electrons. The zero-order valence-corrected chi connectivity index (χ0v) is 21.7. The number of guanidine groups is 1. The first kappa shape index (κ1) is 25.4. The van der Waals surface area contributed by atoms with Gasteiger partial charge in [-0.25, -0.2) is 9.98 Å². The fraction of sp³-hybridized carbons (Fsp3) is 0.538. The first-order valence-electron chi connectivity index (χ1n) is 12.1. The van der Waals surface area contributed by atoms with Crippen LogP contribution in [0, 0.1) is 0 Å². The monoisotopic (exact) mass is 499 g/mol. The Morgan fingerprint density at radius 1 is 1.20 bits per heavy atom. The van der Waals surface area contributed by atoms with E-state index < -0.39 is 6.04 Å². The Bertz CT molecular complexity index is 1080. The lowest BCUT2D eigenvalue weighted by Gasteiger charge is -2.33. The molecule has 3 aliphatic rings. The summed E-state index contributed by atoms with van der Waals surface area (Å²) in [6.07, 6.45) is 2.37. The number of rotatable bonds is 4. The van der Waals surface area contributed by atoms with Crippen LogP contribution in [-0.4, -0.2) is 71.7 Å². The van der Waals surface area contributed by atoms with Crippen LogP contribution in [-0.2, 0) is 16.1 Å². The molecule has 2 saturated heterocycles. The van der Waals surface area contributed by atoms with E-state index in [1.165, 1.54) is 0 Å². The van der Waals surface area contributed by atoms with E-state index in [1.807, 2.05) is 43.9 Å². The van der Waals surface area contributed by atoms with Gasteiger partial charge in [-0.05, 0) is 65.3 Å². The van der Waals surface area contributed by atoms with Gasteiger partial charge >= 0.3 is 0 Å². The normalized spacial score (nSPS) is 22.4. The van der Waals surface area contributed by atoms with Crippen LogP contribution in [0.25, 0.3) is 5.70 Å². The maximum Gasteiger partial charge on any atom is 0.255 e. The van der Waals surface area contributed by atoms with Crippen molar-refractivity contribution in [2.24, 2.45) is 9.98 Å². The van der Waals surface area contributed by atoms with Gasteiger partial charge in [-0.2, -0.15) is 0 Å². The van der Waals surface area contributed by atoms with E-state index in [1.54, 1.807) is 11.8 Å². The molecule has 1 aromatic carbocycles.